The Labute approximate surface area is 140 Å². The number of nitrogens with zero attached hydrogens (tertiary/aromatic N) is 2. The highest BCUT2D eigenvalue weighted by molar-refractivity contribution is 5.85. The maximum atomic E-state index is 11.9. The number of nitrogen functional groups attached to an aromatic ring is 1. The molecule has 2 heterocycles. The normalized spacial score (nSPS) is 11.5. The average Bonchev–Trinajstić information content (AvgIpc) is 2.88. The molecule has 0 radical (unpaired) electrons. The second-order valence-corrected chi connectivity index (χ2v) is 6.54. The summed E-state index contributed by atoms with van der Waals surface area (Å²) in [4.78, 5) is 16.3. The van der Waals surface area contributed by atoms with Gasteiger partial charge in [-0.1, -0.05) is 12.1 Å². The molecule has 6 heteroatoms. The van der Waals surface area contributed by atoms with Gasteiger partial charge in [-0.3, -0.25) is 9.72 Å². The van der Waals surface area contributed by atoms with Crippen molar-refractivity contribution in [2.24, 2.45) is 0 Å². The third-order valence-corrected chi connectivity index (χ3v) is 3.33. The first kappa shape index (κ1) is 15.9. The predicted molar refractivity (Wildman–Crippen MR) is 94.9 cm³/mol. The number of pyridine rings is 1. The Morgan fingerprint density at radius 1 is 1.25 bits per heavy atom. The molecule has 3 rings (SSSR count). The summed E-state index contributed by atoms with van der Waals surface area (Å²) in [5, 5.41) is 2.74. The Morgan fingerprint density at radius 3 is 2.75 bits per heavy atom. The van der Waals surface area contributed by atoms with E-state index < -0.39 is 11.7 Å². The van der Waals surface area contributed by atoms with Crippen molar-refractivity contribution in [1.29, 1.82) is 0 Å². The van der Waals surface area contributed by atoms with Gasteiger partial charge in [0.25, 0.3) is 0 Å². The van der Waals surface area contributed by atoms with Crippen LogP contribution >= 0.6 is 0 Å². The van der Waals surface area contributed by atoms with Crippen molar-refractivity contribution >= 4 is 23.1 Å². The monoisotopic (exact) mass is 324 g/mol. The lowest BCUT2D eigenvalue weighted by molar-refractivity contribution is 0.0636. The van der Waals surface area contributed by atoms with E-state index >= 15 is 0 Å². The molecule has 124 valence electrons. The maximum absolute atomic E-state index is 11.9. The Morgan fingerprint density at radius 2 is 2.04 bits per heavy atom. The van der Waals surface area contributed by atoms with Gasteiger partial charge in [-0.15, -0.1) is 0 Å². The molecule has 3 N–H and O–H groups in total. The first-order valence-corrected chi connectivity index (χ1v) is 7.65. The van der Waals surface area contributed by atoms with E-state index in [2.05, 4.69) is 10.3 Å². The van der Waals surface area contributed by atoms with Crippen molar-refractivity contribution in [1.82, 2.24) is 9.38 Å². The van der Waals surface area contributed by atoms with Crippen molar-refractivity contribution in [3.63, 3.8) is 0 Å². The molecule has 0 aliphatic carbocycles. The molecule has 24 heavy (non-hydrogen) atoms. The highest BCUT2D eigenvalue weighted by Gasteiger charge is 2.16. The lowest BCUT2D eigenvalue weighted by Crippen LogP contribution is -2.27. The molecule has 1 amide bonds. The van der Waals surface area contributed by atoms with Crippen LogP contribution in [0.5, 0.6) is 0 Å². The molecule has 2 aromatic heterocycles. The Balaban J connectivity index is 1.93. The number of benzene rings is 1. The van der Waals surface area contributed by atoms with E-state index in [1.807, 2.05) is 61.7 Å². The summed E-state index contributed by atoms with van der Waals surface area (Å²) in [6.45, 7) is 5.47. The van der Waals surface area contributed by atoms with Crippen LogP contribution in [0.4, 0.5) is 16.2 Å². The third kappa shape index (κ3) is 3.48. The van der Waals surface area contributed by atoms with Gasteiger partial charge >= 0.3 is 6.09 Å². The Bertz CT molecular complexity index is 893. The second kappa shape index (κ2) is 5.88. The third-order valence-electron chi connectivity index (χ3n) is 3.33. The number of hydrogen-bond acceptors (Lipinski definition) is 4. The van der Waals surface area contributed by atoms with Crippen LogP contribution in [0.25, 0.3) is 16.9 Å². The van der Waals surface area contributed by atoms with Crippen molar-refractivity contribution in [3.8, 4) is 11.3 Å². The Hall–Kier alpha value is -3.02. The van der Waals surface area contributed by atoms with E-state index in [4.69, 9.17) is 10.5 Å². The van der Waals surface area contributed by atoms with Crippen LogP contribution < -0.4 is 11.1 Å². The number of anilines is 2. The summed E-state index contributed by atoms with van der Waals surface area (Å²) in [5.41, 5.74) is 9.25. The number of carbonyl (C=O) groups is 1. The van der Waals surface area contributed by atoms with E-state index in [9.17, 15) is 4.79 Å². The van der Waals surface area contributed by atoms with Crippen molar-refractivity contribution in [2.45, 2.75) is 26.4 Å². The number of fused-ring (bicyclic) bond motifs is 1. The zero-order valence-corrected chi connectivity index (χ0v) is 13.9. The van der Waals surface area contributed by atoms with Gasteiger partial charge in [0.1, 0.15) is 11.2 Å². The lowest BCUT2D eigenvalue weighted by Gasteiger charge is -2.19. The van der Waals surface area contributed by atoms with Crippen LogP contribution in [-0.4, -0.2) is 21.1 Å². The maximum Gasteiger partial charge on any atom is 0.412 e. The number of imidazole rings is 1. The number of nitrogens with two attached hydrogens (primary N) is 1. The SMILES string of the molecule is CC(C)(C)OC(=O)Nc1ccc2ncc(-c3cccc(N)c3)n2c1. The number of hydrogen-bond donors (Lipinski definition) is 2. The summed E-state index contributed by atoms with van der Waals surface area (Å²) >= 11 is 0. The van der Waals surface area contributed by atoms with Gasteiger partial charge in [0.05, 0.1) is 17.6 Å². The quantitative estimate of drug-likeness (QED) is 0.700. The molecule has 0 saturated carbocycles. The largest absolute Gasteiger partial charge is 0.444 e. The molecule has 0 unspecified atom stereocenters. The fourth-order valence-electron chi connectivity index (χ4n) is 2.39. The molecule has 0 bridgehead atoms. The predicted octanol–water partition coefficient (Wildman–Crippen LogP) is 3.93. The number of ether oxygens (including phenoxy) is 1. The molecule has 0 aliphatic rings. The van der Waals surface area contributed by atoms with Crippen LogP contribution in [0.15, 0.2) is 48.8 Å². The molecule has 3 aromatic rings. The van der Waals surface area contributed by atoms with E-state index in [1.54, 1.807) is 12.3 Å². The summed E-state index contributed by atoms with van der Waals surface area (Å²) in [6.07, 6.45) is 3.10. The lowest BCUT2D eigenvalue weighted by atomic mass is 10.1. The standard InChI is InChI=1S/C18H20N4O2/c1-18(2,3)24-17(23)21-14-7-8-16-20-10-15(22(16)11-14)12-5-4-6-13(19)9-12/h4-11H,19H2,1-3H3,(H,21,23). The summed E-state index contributed by atoms with van der Waals surface area (Å²) in [7, 11) is 0. The second-order valence-electron chi connectivity index (χ2n) is 6.54. The summed E-state index contributed by atoms with van der Waals surface area (Å²) in [6, 6.07) is 11.2. The molecular weight excluding hydrogens is 304 g/mol. The van der Waals surface area contributed by atoms with Crippen LogP contribution in [-0.2, 0) is 4.74 Å². The molecule has 0 fully saturated rings. The van der Waals surface area contributed by atoms with Crippen molar-refractivity contribution in [2.75, 3.05) is 11.1 Å². The van der Waals surface area contributed by atoms with Gasteiger partial charge in [0, 0.05) is 17.4 Å². The van der Waals surface area contributed by atoms with Crippen molar-refractivity contribution < 1.29 is 9.53 Å². The summed E-state index contributed by atoms with van der Waals surface area (Å²) < 4.78 is 7.18. The fourth-order valence-corrected chi connectivity index (χ4v) is 2.39. The van der Waals surface area contributed by atoms with Gasteiger partial charge in [-0.25, -0.2) is 9.78 Å². The van der Waals surface area contributed by atoms with E-state index in [0.29, 0.717) is 11.4 Å². The number of rotatable bonds is 2. The van der Waals surface area contributed by atoms with Gasteiger partial charge in [0.2, 0.25) is 0 Å². The molecule has 0 saturated heterocycles. The Kier molecular flexibility index (Phi) is 3.89. The first-order chi connectivity index (χ1) is 11.3. The number of nitrogens with one attached hydrogen (secondary N) is 1. The average molecular weight is 324 g/mol. The molecular formula is C18H20N4O2. The van der Waals surface area contributed by atoms with E-state index in [-0.39, 0.29) is 0 Å². The molecule has 6 nitrogen and oxygen atoms in total. The first-order valence-electron chi connectivity index (χ1n) is 7.65. The van der Waals surface area contributed by atoms with E-state index in [1.165, 1.54) is 0 Å². The van der Waals surface area contributed by atoms with E-state index in [0.717, 1.165) is 16.9 Å². The van der Waals surface area contributed by atoms with Crippen LogP contribution in [0.2, 0.25) is 0 Å². The smallest absolute Gasteiger partial charge is 0.412 e. The zero-order valence-electron chi connectivity index (χ0n) is 13.9. The molecule has 0 aliphatic heterocycles. The number of amides is 1. The van der Waals surface area contributed by atoms with Gasteiger partial charge in [-0.2, -0.15) is 0 Å². The minimum atomic E-state index is -0.546. The van der Waals surface area contributed by atoms with Gasteiger partial charge in [0.15, 0.2) is 0 Å². The minimum absolute atomic E-state index is 0.493. The van der Waals surface area contributed by atoms with Gasteiger partial charge in [-0.05, 0) is 45.0 Å². The highest BCUT2D eigenvalue weighted by atomic mass is 16.6. The molecule has 0 atom stereocenters. The van der Waals surface area contributed by atoms with Crippen LogP contribution in [0.1, 0.15) is 20.8 Å². The number of carbonyl (C=O) groups excluding carboxylic acids is 1. The van der Waals surface area contributed by atoms with Crippen molar-refractivity contribution in [3.05, 3.63) is 48.8 Å². The van der Waals surface area contributed by atoms with Crippen LogP contribution in [0, 0.1) is 0 Å². The van der Waals surface area contributed by atoms with Crippen LogP contribution in [0.3, 0.4) is 0 Å². The number of aromatic nitrogens is 2. The summed E-state index contributed by atoms with van der Waals surface area (Å²) in [5.74, 6) is 0. The molecule has 0 spiro atoms. The minimum Gasteiger partial charge on any atom is -0.444 e. The zero-order chi connectivity index (χ0) is 17.3. The van der Waals surface area contributed by atoms with Gasteiger partial charge < -0.3 is 10.5 Å². The topological polar surface area (TPSA) is 81.6 Å². The molecule has 1 aromatic carbocycles. The highest BCUT2D eigenvalue weighted by Crippen LogP contribution is 2.24. The fraction of sp³-hybridized carbons (Fsp3) is 0.222.